The molecule has 1 spiro atoms. The maximum Gasteiger partial charge on any atom is 0.332 e. The molecule has 0 saturated carbocycles. The predicted molar refractivity (Wildman–Crippen MR) is 104 cm³/mol. The Morgan fingerprint density at radius 1 is 1.07 bits per heavy atom. The summed E-state index contributed by atoms with van der Waals surface area (Å²) < 4.78 is 7.97. The van der Waals surface area contributed by atoms with Crippen LogP contribution in [0.3, 0.4) is 0 Å². The second-order valence-electron chi connectivity index (χ2n) is 7.89. The molecule has 1 fully saturated rings. The summed E-state index contributed by atoms with van der Waals surface area (Å²) in [5.74, 6) is 0.778. The quantitative estimate of drug-likeness (QED) is 0.624. The number of aromatic nitrogens is 3. The van der Waals surface area contributed by atoms with E-state index in [1.54, 1.807) is 17.0 Å². The van der Waals surface area contributed by atoms with Crippen molar-refractivity contribution in [2.24, 2.45) is 5.41 Å². The number of hydrogen-bond acceptors (Lipinski definition) is 5. The first-order valence-corrected chi connectivity index (χ1v) is 9.62. The van der Waals surface area contributed by atoms with E-state index in [9.17, 15) is 14.4 Å². The van der Waals surface area contributed by atoms with Gasteiger partial charge in [-0.3, -0.25) is 19.0 Å². The molecule has 1 saturated heterocycles. The van der Waals surface area contributed by atoms with Crippen LogP contribution in [-0.2, 0) is 19.5 Å². The standard InChI is InChI=1S/C21H20N4O4/c26-18(16-7-4-10-29-16)23-9-8-21(13-23)11-17-22-25(12-15-5-2-1-3-6-15)20(28)19(27)24(17)14-21/h1-7,10H,8-9,11-14H2/t21-/m1/s1. The highest BCUT2D eigenvalue weighted by Gasteiger charge is 2.46. The van der Waals surface area contributed by atoms with Crippen molar-refractivity contribution in [2.45, 2.75) is 25.9 Å². The maximum atomic E-state index is 12.7. The lowest BCUT2D eigenvalue weighted by Gasteiger charge is -2.22. The van der Waals surface area contributed by atoms with Gasteiger partial charge in [-0.15, -0.1) is 0 Å². The van der Waals surface area contributed by atoms with Crippen molar-refractivity contribution in [3.63, 3.8) is 0 Å². The Balaban J connectivity index is 1.41. The minimum absolute atomic E-state index is 0.146. The minimum Gasteiger partial charge on any atom is -0.459 e. The highest BCUT2D eigenvalue weighted by Crippen LogP contribution is 2.39. The topological polar surface area (TPSA) is 90.3 Å². The Hall–Kier alpha value is -3.42. The predicted octanol–water partition coefficient (Wildman–Crippen LogP) is 1.13. The molecule has 5 rings (SSSR count). The summed E-state index contributed by atoms with van der Waals surface area (Å²) in [5, 5.41) is 4.49. The highest BCUT2D eigenvalue weighted by atomic mass is 16.3. The molecule has 3 aromatic rings. The van der Waals surface area contributed by atoms with Crippen LogP contribution in [0.4, 0.5) is 0 Å². The molecule has 148 valence electrons. The van der Waals surface area contributed by atoms with Crippen molar-refractivity contribution >= 4 is 5.91 Å². The zero-order valence-corrected chi connectivity index (χ0v) is 15.8. The van der Waals surface area contributed by atoms with E-state index in [1.165, 1.54) is 15.5 Å². The molecule has 8 nitrogen and oxygen atoms in total. The average Bonchev–Trinajstić information content (AvgIpc) is 3.47. The Morgan fingerprint density at radius 2 is 1.90 bits per heavy atom. The van der Waals surface area contributed by atoms with Crippen LogP contribution in [0.1, 0.15) is 28.4 Å². The molecular weight excluding hydrogens is 372 g/mol. The zero-order chi connectivity index (χ0) is 20.0. The van der Waals surface area contributed by atoms with E-state index in [0.717, 1.165) is 12.0 Å². The van der Waals surface area contributed by atoms with Gasteiger partial charge in [-0.05, 0) is 24.1 Å². The third-order valence-corrected chi connectivity index (χ3v) is 5.87. The number of rotatable bonds is 3. The second kappa shape index (κ2) is 6.58. The van der Waals surface area contributed by atoms with Gasteiger partial charge in [0.2, 0.25) is 0 Å². The molecule has 0 radical (unpaired) electrons. The van der Waals surface area contributed by atoms with Crippen LogP contribution in [0.15, 0.2) is 62.7 Å². The molecule has 29 heavy (non-hydrogen) atoms. The minimum atomic E-state index is -0.615. The van der Waals surface area contributed by atoms with Gasteiger partial charge in [0.25, 0.3) is 5.91 Å². The number of nitrogens with zero attached hydrogens (tertiary/aromatic N) is 4. The number of carbonyl (C=O) groups is 1. The van der Waals surface area contributed by atoms with Crippen molar-refractivity contribution < 1.29 is 9.21 Å². The average molecular weight is 392 g/mol. The van der Waals surface area contributed by atoms with Crippen LogP contribution in [0.2, 0.25) is 0 Å². The van der Waals surface area contributed by atoms with Gasteiger partial charge in [-0.25, -0.2) is 4.68 Å². The monoisotopic (exact) mass is 392 g/mol. The first-order chi connectivity index (χ1) is 14.0. The van der Waals surface area contributed by atoms with E-state index >= 15 is 0 Å². The van der Waals surface area contributed by atoms with Gasteiger partial charge >= 0.3 is 11.1 Å². The van der Waals surface area contributed by atoms with Crippen molar-refractivity contribution in [1.82, 2.24) is 19.2 Å². The van der Waals surface area contributed by atoms with Crippen molar-refractivity contribution in [3.05, 3.63) is 86.6 Å². The SMILES string of the molecule is O=C(c1ccco1)N1CC[C@@]2(Cc3nn(Cc4ccccc4)c(=O)c(=O)n3C2)C1. The summed E-state index contributed by atoms with van der Waals surface area (Å²) in [4.78, 5) is 39.6. The van der Waals surface area contributed by atoms with Gasteiger partial charge in [0, 0.05) is 31.5 Å². The van der Waals surface area contributed by atoms with Gasteiger partial charge < -0.3 is 9.32 Å². The molecule has 2 aromatic heterocycles. The molecule has 2 aliphatic rings. The summed E-state index contributed by atoms with van der Waals surface area (Å²) in [7, 11) is 0. The van der Waals surface area contributed by atoms with Gasteiger partial charge in [-0.2, -0.15) is 5.10 Å². The van der Waals surface area contributed by atoms with Crippen LogP contribution in [0, 0.1) is 5.41 Å². The first-order valence-electron chi connectivity index (χ1n) is 9.62. The smallest absolute Gasteiger partial charge is 0.332 e. The van der Waals surface area contributed by atoms with Crippen LogP contribution in [0.5, 0.6) is 0 Å². The lowest BCUT2D eigenvalue weighted by molar-refractivity contribution is 0.0740. The van der Waals surface area contributed by atoms with E-state index in [2.05, 4.69) is 5.10 Å². The number of fused-ring (bicyclic) bond motifs is 1. The van der Waals surface area contributed by atoms with Crippen molar-refractivity contribution in [1.29, 1.82) is 0 Å². The lowest BCUT2D eigenvalue weighted by Crippen LogP contribution is -2.43. The summed E-state index contributed by atoms with van der Waals surface area (Å²) >= 11 is 0. The number of likely N-dealkylation sites (tertiary alicyclic amines) is 1. The number of amides is 1. The van der Waals surface area contributed by atoms with Crippen LogP contribution in [0.25, 0.3) is 0 Å². The molecule has 1 amide bonds. The summed E-state index contributed by atoms with van der Waals surface area (Å²) in [6.07, 6.45) is 2.81. The second-order valence-corrected chi connectivity index (χ2v) is 7.89. The molecule has 1 atom stereocenters. The molecule has 2 aliphatic heterocycles. The van der Waals surface area contributed by atoms with Crippen molar-refractivity contribution in [2.75, 3.05) is 13.1 Å². The number of carbonyl (C=O) groups excluding carboxylic acids is 1. The molecule has 4 heterocycles. The van der Waals surface area contributed by atoms with E-state index in [1.807, 2.05) is 30.3 Å². The van der Waals surface area contributed by atoms with E-state index in [-0.39, 0.29) is 17.9 Å². The Morgan fingerprint density at radius 3 is 2.66 bits per heavy atom. The van der Waals surface area contributed by atoms with Crippen LogP contribution in [-0.4, -0.2) is 38.2 Å². The third kappa shape index (κ3) is 3.00. The fourth-order valence-electron chi connectivity index (χ4n) is 4.40. The Bertz CT molecular complexity index is 1180. The Labute approximate surface area is 166 Å². The fourth-order valence-corrected chi connectivity index (χ4v) is 4.40. The normalized spacial score (nSPS) is 20.3. The largest absolute Gasteiger partial charge is 0.459 e. The molecular formula is C21H20N4O4. The van der Waals surface area contributed by atoms with Crippen LogP contribution >= 0.6 is 0 Å². The van der Waals surface area contributed by atoms with E-state index in [0.29, 0.717) is 37.6 Å². The zero-order valence-electron chi connectivity index (χ0n) is 15.8. The lowest BCUT2D eigenvalue weighted by atomic mass is 9.86. The highest BCUT2D eigenvalue weighted by molar-refractivity contribution is 5.91. The molecule has 8 heteroatoms. The summed E-state index contributed by atoms with van der Waals surface area (Å²) in [6.45, 7) is 1.79. The van der Waals surface area contributed by atoms with E-state index < -0.39 is 11.1 Å². The van der Waals surface area contributed by atoms with E-state index in [4.69, 9.17) is 4.42 Å². The maximum absolute atomic E-state index is 12.7. The number of hydrogen-bond donors (Lipinski definition) is 0. The summed E-state index contributed by atoms with van der Waals surface area (Å²) in [6, 6.07) is 12.8. The van der Waals surface area contributed by atoms with Crippen LogP contribution < -0.4 is 11.1 Å². The number of furan rings is 1. The molecule has 1 aromatic carbocycles. The molecule has 0 aliphatic carbocycles. The van der Waals surface area contributed by atoms with Gasteiger partial charge in [0.05, 0.1) is 12.8 Å². The first kappa shape index (κ1) is 17.7. The molecule has 0 bridgehead atoms. The third-order valence-electron chi connectivity index (χ3n) is 5.87. The van der Waals surface area contributed by atoms with Crippen molar-refractivity contribution in [3.8, 4) is 0 Å². The van der Waals surface area contributed by atoms with Gasteiger partial charge in [-0.1, -0.05) is 30.3 Å². The molecule has 0 unspecified atom stereocenters. The van der Waals surface area contributed by atoms with Gasteiger partial charge in [0.1, 0.15) is 5.82 Å². The summed E-state index contributed by atoms with van der Waals surface area (Å²) in [5.41, 5.74) is -0.509. The fraction of sp³-hybridized carbons (Fsp3) is 0.333. The van der Waals surface area contributed by atoms with Gasteiger partial charge in [0.15, 0.2) is 5.76 Å². The number of benzene rings is 1. The molecule has 0 N–H and O–H groups in total. The Kier molecular flexibility index (Phi) is 4.01.